The zero-order valence-electron chi connectivity index (χ0n) is 21.1. The lowest BCUT2D eigenvalue weighted by Crippen LogP contribution is -2.62. The molecule has 4 aliphatic rings. The van der Waals surface area contributed by atoms with Crippen LogP contribution in [0.2, 0.25) is 18.1 Å². The van der Waals surface area contributed by atoms with E-state index in [-0.39, 0.29) is 56.6 Å². The van der Waals surface area contributed by atoms with E-state index in [1.165, 1.54) is 0 Å². The Morgan fingerprint density at radius 3 is 2.53 bits per heavy atom. The first-order chi connectivity index (χ1) is 14.6. The average Bonchev–Trinajstić information content (AvgIpc) is 2.97. The maximum Gasteiger partial charge on any atom is 0.243 e. The van der Waals surface area contributed by atoms with Crippen LogP contribution < -0.4 is 0 Å². The predicted molar refractivity (Wildman–Crippen MR) is 126 cm³/mol. The summed E-state index contributed by atoms with van der Waals surface area (Å²) in [6, 6.07) is 0. The highest BCUT2D eigenvalue weighted by atomic mass is 28.4. The zero-order chi connectivity index (χ0) is 23.9. The predicted octanol–water partition coefficient (Wildman–Crippen LogP) is 5.75. The van der Waals surface area contributed by atoms with Gasteiger partial charge in [0.2, 0.25) is 5.70 Å². The second kappa shape index (κ2) is 7.22. The van der Waals surface area contributed by atoms with Gasteiger partial charge in [0.25, 0.3) is 0 Å². The van der Waals surface area contributed by atoms with Crippen LogP contribution >= 0.6 is 0 Å². The van der Waals surface area contributed by atoms with Crippen LogP contribution in [0.1, 0.15) is 73.6 Å². The van der Waals surface area contributed by atoms with Crippen molar-refractivity contribution in [2.45, 2.75) is 103 Å². The van der Waals surface area contributed by atoms with Crippen molar-refractivity contribution in [2.75, 3.05) is 6.61 Å². The third kappa shape index (κ3) is 3.21. The molecule has 0 unspecified atom stereocenters. The molecule has 0 aromatic rings. The molecule has 0 aromatic carbocycles. The molecule has 2 aliphatic heterocycles. The van der Waals surface area contributed by atoms with Crippen LogP contribution in [0.3, 0.4) is 0 Å². The standard InChI is InChI=1S/C25H41NO5Si/c1-22(2,3)32(7,8)30-15-16-10-9-11-24(6)14-20-18-12-17(26(28)29)13-19(23(18,4)5)21(27)25(16,24)31-20/h12,16,18-20H,9-11,13-15H2,1-8H3/t16-,18-,19+,20-,24+,25-/m1/s1. The lowest BCUT2D eigenvalue weighted by atomic mass is 9.50. The van der Waals surface area contributed by atoms with Gasteiger partial charge in [0.15, 0.2) is 14.1 Å². The Balaban J connectivity index is 1.76. The lowest BCUT2D eigenvalue weighted by molar-refractivity contribution is -0.431. The van der Waals surface area contributed by atoms with Crippen molar-refractivity contribution in [3.8, 4) is 0 Å². The number of allylic oxidation sites excluding steroid dienone is 1. The van der Waals surface area contributed by atoms with Crippen molar-refractivity contribution < 1.29 is 18.9 Å². The van der Waals surface area contributed by atoms with E-state index in [1.807, 2.05) is 6.08 Å². The number of hydrogen-bond acceptors (Lipinski definition) is 5. The Morgan fingerprint density at radius 2 is 1.94 bits per heavy atom. The zero-order valence-corrected chi connectivity index (χ0v) is 22.1. The summed E-state index contributed by atoms with van der Waals surface area (Å²) in [6.07, 6.45) is 5.61. The highest BCUT2D eigenvalue weighted by molar-refractivity contribution is 6.74. The Labute approximate surface area is 193 Å². The molecular formula is C25H41NO5Si. The first-order valence-electron chi connectivity index (χ1n) is 12.3. The third-order valence-corrected chi connectivity index (χ3v) is 14.6. The average molecular weight is 464 g/mol. The van der Waals surface area contributed by atoms with Gasteiger partial charge in [0, 0.05) is 36.2 Å². The number of ketones is 1. The minimum atomic E-state index is -1.98. The highest BCUT2D eigenvalue weighted by Crippen LogP contribution is 2.66. The molecule has 3 fully saturated rings. The molecule has 1 spiro atoms. The Morgan fingerprint density at radius 1 is 1.28 bits per heavy atom. The number of hydrogen-bond donors (Lipinski definition) is 0. The number of carbonyl (C=O) groups excluding carboxylic acids is 1. The van der Waals surface area contributed by atoms with Crippen LogP contribution in [-0.4, -0.2) is 37.3 Å². The summed E-state index contributed by atoms with van der Waals surface area (Å²) in [5.74, 6) is -0.404. The summed E-state index contributed by atoms with van der Waals surface area (Å²) in [5.41, 5.74) is -1.29. The lowest BCUT2D eigenvalue weighted by Gasteiger charge is -2.53. The van der Waals surface area contributed by atoms with Gasteiger partial charge in [-0.15, -0.1) is 0 Å². The van der Waals surface area contributed by atoms with Gasteiger partial charge in [0.05, 0.1) is 11.0 Å². The molecule has 4 rings (SSSR count). The minimum absolute atomic E-state index is 0.00193. The van der Waals surface area contributed by atoms with Gasteiger partial charge in [-0.1, -0.05) is 48.0 Å². The van der Waals surface area contributed by atoms with E-state index < -0.39 is 19.8 Å². The third-order valence-electron chi connectivity index (χ3n) is 10.1. The number of rotatable bonds is 4. The summed E-state index contributed by atoms with van der Waals surface area (Å²) >= 11 is 0. The molecule has 32 heavy (non-hydrogen) atoms. The van der Waals surface area contributed by atoms with Gasteiger partial charge in [0.1, 0.15) is 5.60 Å². The van der Waals surface area contributed by atoms with Crippen molar-refractivity contribution in [1.82, 2.24) is 0 Å². The van der Waals surface area contributed by atoms with E-state index in [0.717, 1.165) is 25.7 Å². The summed E-state index contributed by atoms with van der Waals surface area (Å²) in [6.45, 7) is 18.2. The van der Waals surface area contributed by atoms with Gasteiger partial charge >= 0.3 is 0 Å². The van der Waals surface area contributed by atoms with Gasteiger partial charge < -0.3 is 9.16 Å². The molecule has 6 atom stereocenters. The number of fused-ring (bicyclic) bond motifs is 4. The van der Waals surface area contributed by atoms with E-state index in [0.29, 0.717) is 6.61 Å². The highest BCUT2D eigenvalue weighted by Gasteiger charge is 2.72. The van der Waals surface area contributed by atoms with Crippen LogP contribution in [-0.2, 0) is 14.0 Å². The number of nitrogens with zero attached hydrogens (tertiary/aromatic N) is 1. The fraction of sp³-hybridized carbons (Fsp3) is 0.880. The van der Waals surface area contributed by atoms with E-state index in [2.05, 4.69) is 54.6 Å². The second-order valence-corrected chi connectivity index (χ2v) is 18.0. The molecule has 1 saturated carbocycles. The molecular weight excluding hydrogens is 422 g/mol. The molecule has 6 nitrogen and oxygen atoms in total. The molecule has 7 heteroatoms. The fourth-order valence-electron chi connectivity index (χ4n) is 6.93. The molecule has 0 aromatic heterocycles. The normalized spacial score (nSPS) is 41.0. The number of Topliss-reactive ketones (excluding diaryl/α,β-unsaturated/α-hetero) is 1. The van der Waals surface area contributed by atoms with E-state index >= 15 is 0 Å². The van der Waals surface area contributed by atoms with Gasteiger partial charge in [-0.2, -0.15) is 0 Å². The van der Waals surface area contributed by atoms with Crippen LogP contribution in [0, 0.1) is 38.7 Å². The van der Waals surface area contributed by atoms with Crippen LogP contribution in [0.15, 0.2) is 11.8 Å². The minimum Gasteiger partial charge on any atom is -0.416 e. The van der Waals surface area contributed by atoms with Crippen molar-refractivity contribution in [2.24, 2.45) is 28.6 Å². The van der Waals surface area contributed by atoms with Crippen molar-refractivity contribution in [1.29, 1.82) is 0 Å². The van der Waals surface area contributed by atoms with Crippen molar-refractivity contribution >= 4 is 14.1 Å². The maximum absolute atomic E-state index is 14.5. The summed E-state index contributed by atoms with van der Waals surface area (Å²) in [5, 5.41) is 11.8. The number of nitro groups is 1. The molecule has 2 aliphatic carbocycles. The molecule has 2 saturated heterocycles. The molecule has 4 bridgehead atoms. The number of carbonyl (C=O) groups is 1. The van der Waals surface area contributed by atoms with Gasteiger partial charge in [-0.25, -0.2) is 0 Å². The summed E-state index contributed by atoms with van der Waals surface area (Å²) in [4.78, 5) is 25.9. The first kappa shape index (κ1) is 24.1. The largest absolute Gasteiger partial charge is 0.416 e. The van der Waals surface area contributed by atoms with Crippen LogP contribution in [0.4, 0.5) is 0 Å². The first-order valence-corrected chi connectivity index (χ1v) is 15.2. The fourth-order valence-corrected chi connectivity index (χ4v) is 7.98. The van der Waals surface area contributed by atoms with E-state index in [4.69, 9.17) is 9.16 Å². The van der Waals surface area contributed by atoms with Gasteiger partial charge in [-0.3, -0.25) is 14.9 Å². The summed E-state index contributed by atoms with van der Waals surface area (Å²) in [7, 11) is -1.98. The Hall–Kier alpha value is -1.05. The SMILES string of the molecule is CC1(C)[C@@H]2C=C([N+](=O)[O-])C[C@H]1C(=O)[C@@]13O[C@@H]2C[C@]1(C)CCC[C@@H]3CO[Si](C)(C)C(C)(C)C. The monoisotopic (exact) mass is 463 g/mol. The Kier molecular flexibility index (Phi) is 5.44. The van der Waals surface area contributed by atoms with Gasteiger partial charge in [-0.05, 0) is 48.9 Å². The quantitative estimate of drug-likeness (QED) is 0.301. The van der Waals surface area contributed by atoms with Crippen molar-refractivity contribution in [3.63, 3.8) is 0 Å². The second-order valence-electron chi connectivity index (χ2n) is 13.2. The smallest absolute Gasteiger partial charge is 0.243 e. The Bertz CT molecular complexity index is 859. The maximum atomic E-state index is 14.5. The van der Waals surface area contributed by atoms with Crippen LogP contribution in [0.5, 0.6) is 0 Å². The van der Waals surface area contributed by atoms with Crippen molar-refractivity contribution in [3.05, 3.63) is 21.9 Å². The van der Waals surface area contributed by atoms with E-state index in [1.54, 1.807) is 0 Å². The topological polar surface area (TPSA) is 78.7 Å². The molecule has 2 heterocycles. The van der Waals surface area contributed by atoms with E-state index in [9.17, 15) is 14.9 Å². The van der Waals surface area contributed by atoms with Crippen LogP contribution in [0.25, 0.3) is 0 Å². The number of ether oxygens (including phenoxy) is 1. The molecule has 0 amide bonds. The molecule has 0 N–H and O–H groups in total. The summed E-state index contributed by atoms with van der Waals surface area (Å²) < 4.78 is 13.6. The molecule has 0 radical (unpaired) electrons. The molecule has 180 valence electrons.